The summed E-state index contributed by atoms with van der Waals surface area (Å²) in [7, 11) is 0.158. The molecule has 0 aliphatic carbocycles. The lowest BCUT2D eigenvalue weighted by Gasteiger charge is -2.36. The van der Waals surface area contributed by atoms with Crippen LogP contribution in [0.3, 0.4) is 0 Å². The molecule has 0 saturated carbocycles. The van der Waals surface area contributed by atoms with E-state index in [1.165, 1.54) is 0 Å². The number of ether oxygens (including phenoxy) is 1. The Hall–Kier alpha value is 0.137. The summed E-state index contributed by atoms with van der Waals surface area (Å²) in [6.07, 6.45) is 0.203. The van der Waals surface area contributed by atoms with Gasteiger partial charge in [-0.05, 0) is 25.1 Å². The molecule has 0 aromatic carbocycles. The van der Waals surface area contributed by atoms with Crippen LogP contribution >= 0.6 is 0 Å². The van der Waals surface area contributed by atoms with Crippen LogP contribution in [-0.2, 0) is 9.16 Å². The second-order valence-corrected chi connectivity index (χ2v) is 9.93. The fraction of sp³-hybridized carbons (Fsp3) is 1.00. The molecule has 0 aliphatic heterocycles. The van der Waals surface area contributed by atoms with Crippen LogP contribution in [0.5, 0.6) is 0 Å². The molecule has 0 saturated heterocycles. The molecule has 0 N–H and O–H groups in total. The molecule has 0 fully saturated rings. The van der Waals surface area contributed by atoms with Crippen molar-refractivity contribution in [2.24, 2.45) is 0 Å². The van der Waals surface area contributed by atoms with E-state index in [-0.39, 0.29) is 6.10 Å². The van der Waals surface area contributed by atoms with Crippen molar-refractivity contribution in [3.8, 4) is 0 Å². The summed E-state index contributed by atoms with van der Waals surface area (Å²) in [5, 5.41) is 0.292. The van der Waals surface area contributed by atoms with Crippen molar-refractivity contribution in [3.05, 3.63) is 0 Å². The van der Waals surface area contributed by atoms with E-state index in [0.29, 0.717) is 11.6 Å². The molecule has 0 amide bonds. The third-order valence-corrected chi connectivity index (χ3v) is 7.39. The fourth-order valence-corrected chi connectivity index (χ4v) is 1.69. The Morgan fingerprint density at radius 3 is 2.00 bits per heavy atom. The fourth-order valence-electron chi connectivity index (χ4n) is 0.610. The summed E-state index contributed by atoms with van der Waals surface area (Å²) in [5.41, 5.74) is 0. The first-order valence-corrected chi connectivity index (χ1v) is 7.78. The van der Waals surface area contributed by atoms with Gasteiger partial charge in [0.25, 0.3) is 0 Å². The Morgan fingerprint density at radius 1 is 1.23 bits per heavy atom. The maximum absolute atomic E-state index is 5.96. The van der Waals surface area contributed by atoms with E-state index in [1.54, 1.807) is 7.11 Å². The van der Waals surface area contributed by atoms with Crippen molar-refractivity contribution in [1.82, 2.24) is 0 Å². The van der Waals surface area contributed by atoms with Crippen LogP contribution in [0.15, 0.2) is 0 Å². The highest BCUT2D eigenvalue weighted by atomic mass is 28.4. The Labute approximate surface area is 83.8 Å². The summed E-state index contributed by atoms with van der Waals surface area (Å²) < 4.78 is 11.1. The van der Waals surface area contributed by atoms with Crippen LogP contribution in [-0.4, -0.2) is 28.1 Å². The number of hydrogen-bond acceptors (Lipinski definition) is 2. The van der Waals surface area contributed by atoms with Crippen LogP contribution in [0.25, 0.3) is 0 Å². The van der Waals surface area contributed by atoms with Crippen molar-refractivity contribution < 1.29 is 9.16 Å². The second kappa shape index (κ2) is 4.58. The zero-order chi connectivity index (χ0) is 10.7. The predicted octanol–water partition coefficient (Wildman–Crippen LogP) is 3.04. The van der Waals surface area contributed by atoms with E-state index >= 15 is 0 Å². The van der Waals surface area contributed by atoms with Crippen LogP contribution in [0, 0.1) is 0 Å². The minimum atomic E-state index is -1.56. The quantitative estimate of drug-likeness (QED) is 0.655. The largest absolute Gasteiger partial charge is 0.414 e. The minimum Gasteiger partial charge on any atom is -0.414 e. The lowest BCUT2D eigenvalue weighted by molar-refractivity contribution is 0.0664. The van der Waals surface area contributed by atoms with Gasteiger partial charge in [-0.15, -0.1) is 0 Å². The Kier molecular flexibility index (Phi) is 4.62. The molecule has 0 aromatic heterocycles. The highest BCUT2D eigenvalue weighted by Crippen LogP contribution is 2.36. The first kappa shape index (κ1) is 13.1. The van der Waals surface area contributed by atoms with Crippen molar-refractivity contribution in [1.29, 1.82) is 0 Å². The van der Waals surface area contributed by atoms with E-state index in [1.807, 2.05) is 6.92 Å². The molecule has 2 nitrogen and oxygen atoms in total. The van der Waals surface area contributed by atoms with Gasteiger partial charge in [0.15, 0.2) is 8.32 Å². The zero-order valence-corrected chi connectivity index (χ0v) is 11.1. The highest BCUT2D eigenvalue weighted by Gasteiger charge is 2.37. The average Bonchev–Trinajstić information content (AvgIpc) is 1.98. The topological polar surface area (TPSA) is 18.5 Å². The molecule has 80 valence electrons. The molecule has 0 heterocycles. The Bertz CT molecular complexity index is 149. The van der Waals surface area contributed by atoms with Gasteiger partial charge >= 0.3 is 0 Å². The first-order valence-electron chi connectivity index (χ1n) is 4.87. The third kappa shape index (κ3) is 4.25. The van der Waals surface area contributed by atoms with Gasteiger partial charge < -0.3 is 9.16 Å². The summed E-state index contributed by atoms with van der Waals surface area (Å²) in [5.74, 6) is 0. The molecule has 1 atom stereocenters. The van der Waals surface area contributed by atoms with Crippen LogP contribution in [0.4, 0.5) is 0 Å². The molecule has 3 heteroatoms. The van der Waals surface area contributed by atoms with E-state index in [9.17, 15) is 0 Å². The third-order valence-electron chi connectivity index (χ3n) is 2.89. The normalized spacial score (nSPS) is 15.9. The SMILES string of the molecule is COC(C)CO[Si](C)(C)C(C)(C)C. The van der Waals surface area contributed by atoms with Gasteiger partial charge in [-0.2, -0.15) is 0 Å². The smallest absolute Gasteiger partial charge is 0.192 e. The second-order valence-electron chi connectivity index (χ2n) is 5.12. The number of rotatable bonds is 4. The van der Waals surface area contributed by atoms with E-state index in [0.717, 1.165) is 0 Å². The summed E-state index contributed by atoms with van der Waals surface area (Å²) >= 11 is 0. The highest BCUT2D eigenvalue weighted by molar-refractivity contribution is 6.74. The molecular formula is C10H24O2Si. The Balaban J connectivity index is 4.04. The Morgan fingerprint density at radius 2 is 1.69 bits per heavy atom. The maximum Gasteiger partial charge on any atom is 0.192 e. The van der Waals surface area contributed by atoms with Gasteiger partial charge in [-0.3, -0.25) is 0 Å². The maximum atomic E-state index is 5.96. The monoisotopic (exact) mass is 204 g/mol. The number of hydrogen-bond donors (Lipinski definition) is 0. The van der Waals surface area contributed by atoms with Gasteiger partial charge in [0.1, 0.15) is 0 Å². The molecule has 0 rings (SSSR count). The van der Waals surface area contributed by atoms with Crippen molar-refractivity contribution in [2.75, 3.05) is 13.7 Å². The molecule has 0 aromatic rings. The van der Waals surface area contributed by atoms with Gasteiger partial charge in [0.2, 0.25) is 0 Å². The van der Waals surface area contributed by atoms with Gasteiger partial charge in [0.05, 0.1) is 12.7 Å². The van der Waals surface area contributed by atoms with E-state index in [4.69, 9.17) is 9.16 Å². The lowest BCUT2D eigenvalue weighted by atomic mass is 10.2. The van der Waals surface area contributed by atoms with Crippen LogP contribution in [0.2, 0.25) is 18.1 Å². The van der Waals surface area contributed by atoms with Gasteiger partial charge in [0, 0.05) is 7.11 Å². The molecule has 0 radical (unpaired) electrons. The minimum absolute atomic E-state index is 0.203. The van der Waals surface area contributed by atoms with Crippen LogP contribution in [0.1, 0.15) is 27.7 Å². The van der Waals surface area contributed by atoms with Crippen LogP contribution < -0.4 is 0 Å². The predicted molar refractivity (Wildman–Crippen MR) is 59.6 cm³/mol. The molecule has 0 bridgehead atoms. The van der Waals surface area contributed by atoms with E-state index < -0.39 is 8.32 Å². The van der Waals surface area contributed by atoms with Crippen molar-refractivity contribution >= 4 is 8.32 Å². The zero-order valence-electron chi connectivity index (χ0n) is 10.1. The summed E-state index contributed by atoms with van der Waals surface area (Å²) in [6, 6.07) is 0. The summed E-state index contributed by atoms with van der Waals surface area (Å²) in [6.45, 7) is 14.0. The van der Waals surface area contributed by atoms with Crippen molar-refractivity contribution in [2.45, 2.75) is 51.9 Å². The molecule has 0 aliphatic rings. The van der Waals surface area contributed by atoms with Crippen molar-refractivity contribution in [3.63, 3.8) is 0 Å². The number of methoxy groups -OCH3 is 1. The lowest BCUT2D eigenvalue weighted by Crippen LogP contribution is -2.42. The molecule has 13 heavy (non-hydrogen) atoms. The standard InChI is InChI=1S/C10H24O2Si/c1-9(11-5)8-12-13(6,7)10(2,3)4/h9H,8H2,1-7H3. The average molecular weight is 204 g/mol. The first-order chi connectivity index (χ1) is 5.70. The molecular weight excluding hydrogens is 180 g/mol. The van der Waals surface area contributed by atoms with Gasteiger partial charge in [-0.25, -0.2) is 0 Å². The molecule has 0 spiro atoms. The van der Waals surface area contributed by atoms with E-state index in [2.05, 4.69) is 33.9 Å². The van der Waals surface area contributed by atoms with Gasteiger partial charge in [-0.1, -0.05) is 20.8 Å². The molecule has 1 unspecified atom stereocenters. The summed E-state index contributed by atoms with van der Waals surface area (Å²) in [4.78, 5) is 0.